The number of halogens is 1. The smallest absolute Gasteiger partial charge is 0.131 e. The maximum atomic E-state index is 16.1. The maximum absolute atomic E-state index is 16.1. The lowest BCUT2D eigenvalue weighted by atomic mass is 9.58. The molecule has 4 aliphatic rings. The Labute approximate surface area is 194 Å². The fourth-order valence-electron chi connectivity index (χ4n) is 7.64. The van der Waals surface area contributed by atoms with Crippen LogP contribution >= 0.6 is 0 Å². The highest BCUT2D eigenvalue weighted by Crippen LogP contribution is 2.63. The van der Waals surface area contributed by atoms with Gasteiger partial charge in [0.05, 0.1) is 11.7 Å². The number of anilines is 1. The van der Waals surface area contributed by atoms with Crippen molar-refractivity contribution in [2.24, 2.45) is 17.3 Å². The molecule has 2 aromatic rings. The topological polar surface area (TPSA) is 79.4 Å². The zero-order valence-corrected chi connectivity index (χ0v) is 19.2. The van der Waals surface area contributed by atoms with Crippen molar-refractivity contribution in [3.8, 4) is 0 Å². The number of hydrogen-bond donors (Lipinski definition) is 3. The first-order valence-electron chi connectivity index (χ1n) is 12.4. The molecule has 174 valence electrons. The van der Waals surface area contributed by atoms with Gasteiger partial charge < -0.3 is 15.9 Å². The van der Waals surface area contributed by atoms with Crippen molar-refractivity contribution < 1.29 is 14.6 Å². The Kier molecular flexibility index (Phi) is 4.60. The van der Waals surface area contributed by atoms with E-state index in [1.807, 2.05) is 6.07 Å². The number of nitrogens with two attached hydrogens (primary N) is 1. The number of aliphatic hydroxyl groups is 2. The second-order valence-corrected chi connectivity index (χ2v) is 11.2. The summed E-state index contributed by atoms with van der Waals surface area (Å²) < 4.78 is 16.1. The summed E-state index contributed by atoms with van der Waals surface area (Å²) in [6.45, 7) is 2.26. The molecule has 0 radical (unpaired) electrons. The van der Waals surface area contributed by atoms with Gasteiger partial charge in [-0.2, -0.15) is 0 Å². The van der Waals surface area contributed by atoms with Crippen LogP contribution in [-0.2, 0) is 0 Å². The third-order valence-electron chi connectivity index (χ3n) is 9.47. The van der Waals surface area contributed by atoms with E-state index >= 15 is 4.39 Å². The average Bonchev–Trinajstić information content (AvgIpc) is 3.08. The molecule has 2 fully saturated rings. The first kappa shape index (κ1) is 21.3. The van der Waals surface area contributed by atoms with Crippen LogP contribution in [0, 0.1) is 17.3 Å². The molecule has 4 N–H and O–H groups in total. The quantitative estimate of drug-likeness (QED) is 0.515. The van der Waals surface area contributed by atoms with Crippen molar-refractivity contribution in [1.29, 1.82) is 0 Å². The molecule has 0 saturated heterocycles. The molecule has 33 heavy (non-hydrogen) atoms. The van der Waals surface area contributed by atoms with Crippen LogP contribution in [0.4, 0.5) is 10.2 Å². The van der Waals surface area contributed by atoms with Gasteiger partial charge in [-0.1, -0.05) is 31.2 Å². The molecule has 4 nitrogen and oxygen atoms in total. The molecule has 6 rings (SSSR count). The zero-order valence-electron chi connectivity index (χ0n) is 19.2. The van der Waals surface area contributed by atoms with E-state index in [4.69, 9.17) is 5.73 Å². The van der Waals surface area contributed by atoms with Crippen LogP contribution < -0.4 is 5.73 Å². The van der Waals surface area contributed by atoms with Crippen molar-refractivity contribution >= 4 is 22.2 Å². The number of nitrogens with zero attached hydrogens (tertiary/aromatic N) is 1. The summed E-state index contributed by atoms with van der Waals surface area (Å²) >= 11 is 0. The number of fused-ring (bicyclic) bond motifs is 5. The van der Waals surface area contributed by atoms with E-state index in [2.05, 4.69) is 42.3 Å². The molecular weight excluding hydrogens is 415 g/mol. The van der Waals surface area contributed by atoms with Gasteiger partial charge in [0.2, 0.25) is 0 Å². The normalized spacial score (nSPS) is 40.3. The van der Waals surface area contributed by atoms with E-state index in [9.17, 15) is 10.2 Å². The molecule has 5 unspecified atom stereocenters. The lowest BCUT2D eigenvalue weighted by Crippen LogP contribution is -2.49. The Morgan fingerprint density at radius 3 is 2.85 bits per heavy atom. The summed E-state index contributed by atoms with van der Waals surface area (Å²) in [5.41, 5.74) is 6.78. The summed E-state index contributed by atoms with van der Waals surface area (Å²) in [5.74, 6) is 0.476. The highest BCUT2D eigenvalue weighted by molar-refractivity contribution is 5.93. The fraction of sp³-hybridized carbons (Fsp3) is 0.536. The summed E-state index contributed by atoms with van der Waals surface area (Å²) in [6, 6.07) is 8.33. The molecule has 5 heteroatoms. The molecule has 2 saturated carbocycles. The molecule has 0 bridgehead atoms. The van der Waals surface area contributed by atoms with Crippen LogP contribution in [0.1, 0.15) is 63.9 Å². The van der Waals surface area contributed by atoms with Crippen LogP contribution in [0.5, 0.6) is 0 Å². The van der Waals surface area contributed by atoms with Crippen LogP contribution in [-0.4, -0.2) is 32.6 Å². The predicted octanol–water partition coefficient (Wildman–Crippen LogP) is 5.34. The van der Waals surface area contributed by atoms with Crippen molar-refractivity contribution in [2.75, 3.05) is 5.73 Å². The lowest BCUT2D eigenvalue weighted by Gasteiger charge is -2.49. The average molecular weight is 449 g/mol. The Bertz CT molecular complexity index is 1190. The van der Waals surface area contributed by atoms with Gasteiger partial charge >= 0.3 is 0 Å². The van der Waals surface area contributed by atoms with Crippen LogP contribution in [0.2, 0.25) is 0 Å². The van der Waals surface area contributed by atoms with Crippen molar-refractivity contribution in [3.05, 3.63) is 53.8 Å². The minimum absolute atomic E-state index is 0.0237. The minimum Gasteiger partial charge on any atom is -0.393 e. The monoisotopic (exact) mass is 448 g/mol. The number of pyridine rings is 1. The minimum atomic E-state index is -1.40. The van der Waals surface area contributed by atoms with E-state index < -0.39 is 17.4 Å². The number of benzene rings is 1. The number of allylic oxidation sites excluding steroid dienone is 3. The molecule has 0 amide bonds. The van der Waals surface area contributed by atoms with Gasteiger partial charge in [0.1, 0.15) is 11.5 Å². The second-order valence-electron chi connectivity index (χ2n) is 11.2. The molecule has 1 heterocycles. The summed E-state index contributed by atoms with van der Waals surface area (Å²) in [7, 11) is 0. The SMILES string of the molecule is CC12CC=C3CC4(F)CC(O)CCC4CC[C@]3(O)C1CC=C2c1ccc2ccnc(N)c2c1. The first-order valence-corrected chi connectivity index (χ1v) is 12.4. The van der Waals surface area contributed by atoms with Gasteiger partial charge in [-0.25, -0.2) is 9.37 Å². The van der Waals surface area contributed by atoms with Gasteiger partial charge in [0.15, 0.2) is 0 Å². The number of aromatic nitrogens is 1. The number of alkyl halides is 1. The number of aliphatic hydroxyl groups excluding tert-OH is 1. The van der Waals surface area contributed by atoms with E-state index in [1.165, 1.54) is 5.57 Å². The first-order chi connectivity index (χ1) is 15.7. The third kappa shape index (κ3) is 3.05. The maximum Gasteiger partial charge on any atom is 0.131 e. The van der Waals surface area contributed by atoms with Crippen LogP contribution in [0.15, 0.2) is 48.2 Å². The molecule has 1 aromatic heterocycles. The number of rotatable bonds is 1. The highest BCUT2D eigenvalue weighted by atomic mass is 19.1. The van der Waals surface area contributed by atoms with Gasteiger partial charge in [-0.15, -0.1) is 0 Å². The fourth-order valence-corrected chi connectivity index (χ4v) is 7.64. The number of nitrogen functional groups attached to an aromatic ring is 1. The van der Waals surface area contributed by atoms with E-state index in [0.29, 0.717) is 31.5 Å². The standard InChI is InChI=1S/C28H33FN2O2/c1-26-11-8-20-15-27(29)16-21(32)5-4-19(27)9-12-28(20,33)24(26)7-6-23(26)18-3-2-17-10-13-31-25(30)22(17)14-18/h2-3,6,8,10,13-14,19,21,24,32-33H,4-5,7,9,11-12,15-16H2,1H3,(H2,30,31)/t19?,21?,24?,26?,27?,28-/m1/s1. The van der Waals surface area contributed by atoms with E-state index in [1.54, 1.807) is 6.20 Å². The van der Waals surface area contributed by atoms with E-state index in [-0.39, 0.29) is 30.1 Å². The van der Waals surface area contributed by atoms with Crippen LogP contribution in [0.25, 0.3) is 16.3 Å². The van der Waals surface area contributed by atoms with E-state index in [0.717, 1.165) is 34.8 Å². The van der Waals surface area contributed by atoms with Crippen molar-refractivity contribution in [3.63, 3.8) is 0 Å². The summed E-state index contributed by atoms with van der Waals surface area (Å²) in [4.78, 5) is 4.25. The molecule has 0 spiro atoms. The van der Waals surface area contributed by atoms with Crippen LogP contribution in [0.3, 0.4) is 0 Å². The summed E-state index contributed by atoms with van der Waals surface area (Å²) in [5, 5.41) is 24.3. The van der Waals surface area contributed by atoms with Gasteiger partial charge in [-0.3, -0.25) is 0 Å². The second kappa shape index (κ2) is 7.13. The Morgan fingerprint density at radius 1 is 1.15 bits per heavy atom. The molecule has 4 aliphatic carbocycles. The highest BCUT2D eigenvalue weighted by Gasteiger charge is 2.59. The van der Waals surface area contributed by atoms with Crippen molar-refractivity contribution in [2.45, 2.75) is 75.7 Å². The van der Waals surface area contributed by atoms with Gasteiger partial charge in [-0.05, 0) is 78.7 Å². The number of hydrogen-bond acceptors (Lipinski definition) is 4. The Balaban J connectivity index is 1.38. The zero-order chi connectivity index (χ0) is 23.0. The molecule has 6 atom stereocenters. The molecule has 0 aliphatic heterocycles. The lowest BCUT2D eigenvalue weighted by molar-refractivity contribution is -0.0359. The van der Waals surface area contributed by atoms with Gasteiger partial charge in [0.25, 0.3) is 0 Å². The summed E-state index contributed by atoms with van der Waals surface area (Å²) in [6.07, 6.45) is 10.2. The predicted molar refractivity (Wildman–Crippen MR) is 129 cm³/mol. The Hall–Kier alpha value is -2.24. The third-order valence-corrected chi connectivity index (χ3v) is 9.47. The van der Waals surface area contributed by atoms with Gasteiger partial charge in [0, 0.05) is 35.8 Å². The largest absolute Gasteiger partial charge is 0.393 e. The van der Waals surface area contributed by atoms with Crippen molar-refractivity contribution in [1.82, 2.24) is 4.98 Å². The molecular formula is C28H33FN2O2. The Morgan fingerprint density at radius 2 is 2.00 bits per heavy atom. The molecule has 1 aromatic carbocycles.